The molecular formula is C28H20N2O3S2. The molecule has 0 atom stereocenters. The van der Waals surface area contributed by atoms with Gasteiger partial charge in [0, 0.05) is 11.3 Å². The molecule has 172 valence electrons. The standard InChI is InChI=1S/C28H20N2O3S2/c1-33-27(32)20-12-14-22(15-13-20)30-23(18-8-4-2-5-9-18)16-21(17-24-26(31)29-28(34)35-24)25(30)19-10-6-3-7-11-19/h2-17H,1H3,(H,29,31,34). The highest BCUT2D eigenvalue weighted by molar-refractivity contribution is 8.26. The molecule has 1 fully saturated rings. The van der Waals surface area contributed by atoms with Crippen LogP contribution in [0.4, 0.5) is 0 Å². The molecule has 1 N–H and O–H groups in total. The van der Waals surface area contributed by atoms with Crippen molar-refractivity contribution in [3.8, 4) is 28.2 Å². The Balaban J connectivity index is 1.79. The van der Waals surface area contributed by atoms with Gasteiger partial charge in [-0.3, -0.25) is 4.79 Å². The zero-order valence-electron chi connectivity index (χ0n) is 18.7. The molecule has 0 aliphatic carbocycles. The average Bonchev–Trinajstić information content (AvgIpc) is 3.43. The maximum atomic E-state index is 12.5. The predicted molar refractivity (Wildman–Crippen MR) is 144 cm³/mol. The van der Waals surface area contributed by atoms with Crippen LogP contribution in [-0.2, 0) is 9.53 Å². The number of ether oxygens (including phenoxy) is 1. The third-order valence-electron chi connectivity index (χ3n) is 5.62. The number of benzene rings is 3. The highest BCUT2D eigenvalue weighted by Crippen LogP contribution is 2.38. The summed E-state index contributed by atoms with van der Waals surface area (Å²) in [6.45, 7) is 0. The second-order valence-corrected chi connectivity index (χ2v) is 9.51. The highest BCUT2D eigenvalue weighted by Gasteiger charge is 2.25. The molecule has 1 aromatic heterocycles. The number of amides is 1. The van der Waals surface area contributed by atoms with Crippen molar-refractivity contribution in [2.75, 3.05) is 7.11 Å². The number of thiocarbonyl (C=S) groups is 1. The van der Waals surface area contributed by atoms with E-state index in [4.69, 9.17) is 17.0 Å². The summed E-state index contributed by atoms with van der Waals surface area (Å²) in [6, 6.07) is 29.4. The Hall–Kier alpha value is -3.94. The Morgan fingerprint density at radius 1 is 0.943 bits per heavy atom. The zero-order valence-corrected chi connectivity index (χ0v) is 20.4. The minimum atomic E-state index is -0.388. The van der Waals surface area contributed by atoms with Crippen molar-refractivity contribution in [2.24, 2.45) is 0 Å². The van der Waals surface area contributed by atoms with Gasteiger partial charge in [-0.25, -0.2) is 4.79 Å². The van der Waals surface area contributed by atoms with E-state index in [1.165, 1.54) is 18.9 Å². The number of aromatic nitrogens is 1. The summed E-state index contributed by atoms with van der Waals surface area (Å²) in [6.07, 6.45) is 1.88. The monoisotopic (exact) mass is 496 g/mol. The maximum Gasteiger partial charge on any atom is 0.337 e. The minimum Gasteiger partial charge on any atom is -0.465 e. The summed E-state index contributed by atoms with van der Waals surface area (Å²) in [4.78, 5) is 25.0. The first-order chi connectivity index (χ1) is 17.0. The molecule has 0 bridgehead atoms. The van der Waals surface area contributed by atoms with Gasteiger partial charge in [0.05, 0.1) is 29.0 Å². The summed E-state index contributed by atoms with van der Waals surface area (Å²) < 4.78 is 7.46. The summed E-state index contributed by atoms with van der Waals surface area (Å²) in [7, 11) is 1.37. The summed E-state index contributed by atoms with van der Waals surface area (Å²) in [5, 5.41) is 2.69. The van der Waals surface area contributed by atoms with Crippen LogP contribution < -0.4 is 5.32 Å². The van der Waals surface area contributed by atoms with Crippen LogP contribution in [0.1, 0.15) is 15.9 Å². The Labute approximate surface area is 212 Å². The summed E-state index contributed by atoms with van der Waals surface area (Å²) >= 11 is 6.45. The fourth-order valence-electron chi connectivity index (χ4n) is 4.05. The van der Waals surface area contributed by atoms with Gasteiger partial charge < -0.3 is 14.6 Å². The molecule has 5 nitrogen and oxygen atoms in total. The third-order valence-corrected chi connectivity index (χ3v) is 6.78. The molecule has 1 aliphatic rings. The van der Waals surface area contributed by atoms with Crippen LogP contribution in [0.25, 0.3) is 34.3 Å². The lowest BCUT2D eigenvalue weighted by Gasteiger charge is -2.15. The molecule has 1 saturated heterocycles. The van der Waals surface area contributed by atoms with Crippen molar-refractivity contribution in [3.63, 3.8) is 0 Å². The lowest BCUT2D eigenvalue weighted by molar-refractivity contribution is -0.115. The fourth-order valence-corrected chi connectivity index (χ4v) is 5.08. The Morgan fingerprint density at radius 2 is 1.57 bits per heavy atom. The van der Waals surface area contributed by atoms with Crippen LogP contribution in [0.5, 0.6) is 0 Å². The van der Waals surface area contributed by atoms with Crippen molar-refractivity contribution in [1.82, 2.24) is 9.88 Å². The van der Waals surface area contributed by atoms with E-state index in [0.717, 1.165) is 33.8 Å². The molecule has 2 heterocycles. The normalized spacial score (nSPS) is 14.3. The van der Waals surface area contributed by atoms with Crippen molar-refractivity contribution >= 4 is 46.3 Å². The molecule has 0 spiro atoms. The van der Waals surface area contributed by atoms with E-state index >= 15 is 0 Å². The van der Waals surface area contributed by atoms with E-state index in [2.05, 4.69) is 16.0 Å². The average molecular weight is 497 g/mol. The molecule has 0 unspecified atom stereocenters. The molecule has 0 radical (unpaired) electrons. The number of rotatable bonds is 5. The second-order valence-electron chi connectivity index (χ2n) is 7.79. The second kappa shape index (κ2) is 9.74. The number of nitrogens with one attached hydrogen (secondary N) is 1. The van der Waals surface area contributed by atoms with Gasteiger partial charge in [-0.1, -0.05) is 84.6 Å². The van der Waals surface area contributed by atoms with E-state index < -0.39 is 0 Å². The lowest BCUT2D eigenvalue weighted by atomic mass is 10.1. The van der Waals surface area contributed by atoms with Gasteiger partial charge in [0.2, 0.25) is 0 Å². The van der Waals surface area contributed by atoms with Gasteiger partial charge in [-0.2, -0.15) is 0 Å². The van der Waals surface area contributed by atoms with Crippen molar-refractivity contribution in [3.05, 3.63) is 107 Å². The number of hydrogen-bond acceptors (Lipinski definition) is 5. The van der Waals surface area contributed by atoms with E-state index in [1.807, 2.05) is 78.9 Å². The molecule has 35 heavy (non-hydrogen) atoms. The van der Waals surface area contributed by atoms with E-state index in [9.17, 15) is 9.59 Å². The van der Waals surface area contributed by atoms with Gasteiger partial charge in [0.15, 0.2) is 0 Å². The topological polar surface area (TPSA) is 60.3 Å². The van der Waals surface area contributed by atoms with Crippen molar-refractivity contribution in [2.45, 2.75) is 0 Å². The Bertz CT molecular complexity index is 1460. The van der Waals surface area contributed by atoms with Gasteiger partial charge in [-0.15, -0.1) is 0 Å². The quantitative estimate of drug-likeness (QED) is 0.206. The van der Waals surface area contributed by atoms with Crippen LogP contribution in [0, 0.1) is 0 Å². The number of thioether (sulfide) groups is 1. The maximum absolute atomic E-state index is 12.5. The lowest BCUT2D eigenvalue weighted by Crippen LogP contribution is -2.17. The highest BCUT2D eigenvalue weighted by atomic mass is 32.2. The predicted octanol–water partition coefficient (Wildman–Crippen LogP) is 6.09. The largest absolute Gasteiger partial charge is 0.465 e. The van der Waals surface area contributed by atoms with Crippen LogP contribution >= 0.6 is 24.0 Å². The van der Waals surface area contributed by atoms with Crippen LogP contribution in [-0.4, -0.2) is 27.9 Å². The molecule has 4 aromatic rings. The first kappa shape index (κ1) is 22.8. The Morgan fingerprint density at radius 3 is 2.14 bits per heavy atom. The SMILES string of the molecule is COC(=O)c1ccc(-n2c(-c3ccccc3)cc(C=C3SC(=S)NC3=O)c2-c2ccccc2)cc1. The van der Waals surface area contributed by atoms with E-state index in [1.54, 1.807) is 12.1 Å². The number of hydrogen-bond donors (Lipinski definition) is 1. The zero-order chi connectivity index (χ0) is 24.4. The van der Waals surface area contributed by atoms with E-state index in [-0.39, 0.29) is 11.9 Å². The number of methoxy groups -OCH3 is 1. The summed E-state index contributed by atoms with van der Waals surface area (Å²) in [5.74, 6) is -0.586. The van der Waals surface area contributed by atoms with Crippen molar-refractivity contribution < 1.29 is 14.3 Å². The van der Waals surface area contributed by atoms with Crippen molar-refractivity contribution in [1.29, 1.82) is 0 Å². The van der Waals surface area contributed by atoms with Gasteiger partial charge in [0.25, 0.3) is 5.91 Å². The first-order valence-electron chi connectivity index (χ1n) is 10.9. The molecule has 1 aliphatic heterocycles. The van der Waals surface area contributed by atoms with Crippen LogP contribution in [0.3, 0.4) is 0 Å². The van der Waals surface area contributed by atoms with Gasteiger partial charge in [-0.05, 0) is 47.5 Å². The Kier molecular flexibility index (Phi) is 6.35. The summed E-state index contributed by atoms with van der Waals surface area (Å²) in [5.41, 5.74) is 6.12. The van der Waals surface area contributed by atoms with Gasteiger partial charge >= 0.3 is 5.97 Å². The van der Waals surface area contributed by atoms with Crippen LogP contribution in [0.15, 0.2) is 95.9 Å². The first-order valence-corrected chi connectivity index (χ1v) is 12.1. The van der Waals surface area contributed by atoms with Crippen LogP contribution in [0.2, 0.25) is 0 Å². The molecule has 5 rings (SSSR count). The minimum absolute atomic E-state index is 0.199. The molecule has 0 saturated carbocycles. The molecular weight excluding hydrogens is 476 g/mol. The molecule has 1 amide bonds. The number of carbonyl (C=O) groups excluding carboxylic acids is 2. The number of carbonyl (C=O) groups is 2. The molecule has 7 heteroatoms. The number of nitrogens with zero attached hydrogens (tertiary/aromatic N) is 1. The van der Waals surface area contributed by atoms with E-state index in [0.29, 0.717) is 14.8 Å². The van der Waals surface area contributed by atoms with Gasteiger partial charge in [0.1, 0.15) is 4.32 Å². The fraction of sp³-hybridized carbons (Fsp3) is 0.0357. The molecule has 3 aromatic carbocycles. The third kappa shape index (κ3) is 4.56. The number of esters is 1. The smallest absolute Gasteiger partial charge is 0.337 e.